The molecule has 2 aromatic rings. The van der Waals surface area contributed by atoms with Crippen molar-refractivity contribution in [1.82, 2.24) is 14.8 Å². The molecule has 8 nitrogen and oxygen atoms in total. The average Bonchev–Trinajstić information content (AvgIpc) is 2.71. The Kier molecular flexibility index (Phi) is 6.33. The second-order valence-corrected chi connectivity index (χ2v) is 10.3. The van der Waals surface area contributed by atoms with Crippen LogP contribution in [-0.2, 0) is 6.54 Å². The van der Waals surface area contributed by atoms with E-state index in [0.29, 0.717) is 19.6 Å². The van der Waals surface area contributed by atoms with Crippen LogP contribution in [0.4, 0.5) is 5.69 Å². The van der Waals surface area contributed by atoms with Crippen LogP contribution in [0, 0.1) is 11.1 Å². The Hall–Kier alpha value is -1.65. The molecule has 1 aromatic heterocycles. The standard InChI is InChI=1S/C20H21Cl3N4O4/c21-20(22,23)19(24-18(29)14-4-1-2-5-16(14)27(30)31)25-9-12-8-13(11-25)15-6-3-7-17(28)26(15)10-12/h1-7,12-13,19,27,30H,8-11H2,(H,24,29)/t12-,13+,19?/m0/s1. The van der Waals surface area contributed by atoms with E-state index >= 15 is 0 Å². The van der Waals surface area contributed by atoms with Crippen molar-refractivity contribution in [2.45, 2.75) is 28.8 Å². The van der Waals surface area contributed by atoms with Crippen molar-refractivity contribution in [1.29, 1.82) is 0 Å². The van der Waals surface area contributed by atoms with Crippen molar-refractivity contribution >= 4 is 46.4 Å². The molecule has 3 heterocycles. The zero-order valence-electron chi connectivity index (χ0n) is 16.3. The summed E-state index contributed by atoms with van der Waals surface area (Å²) < 4.78 is -0.0575. The predicted molar refractivity (Wildman–Crippen MR) is 117 cm³/mol. The lowest BCUT2D eigenvalue weighted by Gasteiger charge is -2.47. The monoisotopic (exact) mass is 486 g/mol. The Morgan fingerprint density at radius 1 is 1.16 bits per heavy atom. The van der Waals surface area contributed by atoms with Crippen LogP contribution in [0.2, 0.25) is 0 Å². The summed E-state index contributed by atoms with van der Waals surface area (Å²) in [6, 6.07) is 11.1. The Morgan fingerprint density at radius 3 is 2.61 bits per heavy atom. The maximum Gasteiger partial charge on any atom is 0.258 e. The second kappa shape index (κ2) is 8.71. The van der Waals surface area contributed by atoms with E-state index in [2.05, 4.69) is 5.32 Å². The highest BCUT2D eigenvalue weighted by atomic mass is 35.6. The summed E-state index contributed by atoms with van der Waals surface area (Å²) in [5.74, 6) is -0.425. The topological polar surface area (TPSA) is 102 Å². The van der Waals surface area contributed by atoms with Crippen molar-refractivity contribution in [2.75, 3.05) is 13.1 Å². The number of nitrogens with zero attached hydrogens (tertiary/aromatic N) is 2. The van der Waals surface area contributed by atoms with Gasteiger partial charge in [0.25, 0.3) is 11.5 Å². The molecule has 3 N–H and O–H groups in total. The van der Waals surface area contributed by atoms with Crippen LogP contribution in [0.1, 0.15) is 28.4 Å². The van der Waals surface area contributed by atoms with Gasteiger partial charge in [0.2, 0.25) is 3.79 Å². The van der Waals surface area contributed by atoms with E-state index in [1.54, 1.807) is 22.8 Å². The predicted octanol–water partition coefficient (Wildman–Crippen LogP) is 1.80. The number of rotatable bonds is 4. The molecule has 166 valence electrons. The maximum atomic E-state index is 12.9. The molecule has 0 aliphatic carbocycles. The quantitative estimate of drug-likeness (QED) is 0.451. The first-order valence-electron chi connectivity index (χ1n) is 9.79. The number of likely N-dealkylation sites (tertiary alicyclic amines) is 1. The molecule has 1 fully saturated rings. The van der Waals surface area contributed by atoms with Gasteiger partial charge in [-0.15, -0.1) is 0 Å². The summed E-state index contributed by atoms with van der Waals surface area (Å²) >= 11 is 18.8. The van der Waals surface area contributed by atoms with Gasteiger partial charge in [0.1, 0.15) is 11.7 Å². The van der Waals surface area contributed by atoms with Crippen LogP contribution in [0.15, 0.2) is 47.3 Å². The van der Waals surface area contributed by atoms with E-state index in [4.69, 9.17) is 34.8 Å². The fourth-order valence-corrected chi connectivity index (χ4v) is 5.17. The summed E-state index contributed by atoms with van der Waals surface area (Å²) in [5, 5.41) is 22.4. The van der Waals surface area contributed by atoms with Gasteiger partial charge in [-0.25, -0.2) is 5.21 Å². The Labute approximate surface area is 193 Å². The third kappa shape index (κ3) is 4.61. The zero-order chi connectivity index (χ0) is 22.3. The van der Waals surface area contributed by atoms with Gasteiger partial charge in [-0.05, 0) is 24.5 Å². The minimum Gasteiger partial charge on any atom is -0.595 e. The molecule has 0 spiro atoms. The molecule has 4 rings (SSSR count). The molecule has 0 saturated carbocycles. The number of carbonyl (C=O) groups is 1. The van der Waals surface area contributed by atoms with E-state index in [-0.39, 0.29) is 28.6 Å². The number of hydrogen-bond acceptors (Lipinski definition) is 5. The molecule has 0 radical (unpaired) electrons. The lowest BCUT2D eigenvalue weighted by Crippen LogP contribution is -2.99. The number of alkyl halides is 3. The molecular weight excluding hydrogens is 467 g/mol. The number of fused-ring (bicyclic) bond motifs is 4. The first-order valence-corrected chi connectivity index (χ1v) is 10.9. The van der Waals surface area contributed by atoms with E-state index in [1.165, 1.54) is 18.2 Å². The lowest BCUT2D eigenvalue weighted by molar-refractivity contribution is -0.991. The minimum atomic E-state index is -1.85. The molecule has 1 saturated heterocycles. The van der Waals surface area contributed by atoms with Crippen molar-refractivity contribution < 1.29 is 15.2 Å². The first-order chi connectivity index (χ1) is 14.6. The van der Waals surface area contributed by atoms with E-state index in [9.17, 15) is 20.0 Å². The molecule has 1 amide bonds. The van der Waals surface area contributed by atoms with Gasteiger partial charge in [0.05, 0.1) is 0 Å². The number of amides is 1. The van der Waals surface area contributed by atoms with Gasteiger partial charge >= 0.3 is 0 Å². The van der Waals surface area contributed by atoms with Crippen molar-refractivity contribution in [3.05, 3.63) is 69.3 Å². The summed E-state index contributed by atoms with van der Waals surface area (Å²) in [5.41, 5.74) is 0.756. The van der Waals surface area contributed by atoms with Gasteiger partial charge in [-0.3, -0.25) is 14.5 Å². The SMILES string of the molecule is O=C(NC(N1C[C@@H]2C[C@H](C1)c1cccc(=O)n1C2)C(Cl)(Cl)Cl)c1ccccc1[NH+]([O-])O. The highest BCUT2D eigenvalue weighted by molar-refractivity contribution is 6.68. The van der Waals surface area contributed by atoms with Crippen LogP contribution in [0.5, 0.6) is 0 Å². The molecule has 4 atom stereocenters. The fraction of sp³-hybridized carbons (Fsp3) is 0.400. The lowest BCUT2D eigenvalue weighted by atomic mass is 9.83. The Balaban J connectivity index is 1.60. The number of hydrogen-bond donors (Lipinski definition) is 3. The van der Waals surface area contributed by atoms with Crippen LogP contribution < -0.4 is 16.1 Å². The maximum absolute atomic E-state index is 12.9. The third-order valence-electron chi connectivity index (χ3n) is 5.85. The Bertz CT molecular complexity index is 1040. The summed E-state index contributed by atoms with van der Waals surface area (Å²) in [6.07, 6.45) is -0.0679. The number of benzene rings is 1. The molecule has 2 unspecified atom stereocenters. The Morgan fingerprint density at radius 2 is 1.90 bits per heavy atom. The number of piperidine rings is 1. The van der Waals surface area contributed by atoms with E-state index < -0.39 is 21.1 Å². The molecule has 31 heavy (non-hydrogen) atoms. The fourth-order valence-electron chi connectivity index (χ4n) is 4.59. The molecular formula is C20H21Cl3N4O4. The van der Waals surface area contributed by atoms with E-state index in [0.717, 1.165) is 12.1 Å². The van der Waals surface area contributed by atoms with Crippen LogP contribution in [0.25, 0.3) is 0 Å². The first kappa shape index (κ1) is 22.5. The van der Waals surface area contributed by atoms with Crippen molar-refractivity contribution in [2.24, 2.45) is 5.92 Å². The van der Waals surface area contributed by atoms with Crippen molar-refractivity contribution in [3.63, 3.8) is 0 Å². The summed E-state index contributed by atoms with van der Waals surface area (Å²) in [4.78, 5) is 27.1. The van der Waals surface area contributed by atoms with E-state index in [1.807, 2.05) is 11.0 Å². The van der Waals surface area contributed by atoms with Crippen molar-refractivity contribution in [3.8, 4) is 0 Å². The normalized spacial score (nSPS) is 23.0. The number of carbonyl (C=O) groups excluding carboxylic acids is 1. The van der Waals surface area contributed by atoms with Gasteiger partial charge in [-0.2, -0.15) is 5.23 Å². The van der Waals surface area contributed by atoms with Gasteiger partial charge in [-0.1, -0.05) is 53.0 Å². The molecule has 2 bridgehead atoms. The van der Waals surface area contributed by atoms with Gasteiger partial charge in [0.15, 0.2) is 5.69 Å². The molecule has 2 aliphatic rings. The number of para-hydroxylation sites is 1. The number of nitrogens with one attached hydrogen (secondary N) is 2. The number of quaternary nitrogens is 1. The third-order valence-corrected chi connectivity index (χ3v) is 6.47. The van der Waals surface area contributed by atoms with Gasteiger partial charge < -0.3 is 15.1 Å². The average molecular weight is 488 g/mol. The number of halogens is 3. The van der Waals surface area contributed by atoms with Crippen LogP contribution in [0.3, 0.4) is 0 Å². The van der Waals surface area contributed by atoms with Crippen LogP contribution in [-0.4, -0.2) is 43.6 Å². The molecule has 2 aliphatic heterocycles. The minimum absolute atomic E-state index is 0.0108. The van der Waals surface area contributed by atoms with Crippen LogP contribution >= 0.6 is 34.8 Å². The smallest absolute Gasteiger partial charge is 0.258 e. The summed E-state index contributed by atoms with van der Waals surface area (Å²) in [6.45, 7) is 1.57. The highest BCUT2D eigenvalue weighted by Crippen LogP contribution is 2.40. The molecule has 1 aromatic carbocycles. The summed E-state index contributed by atoms with van der Waals surface area (Å²) in [7, 11) is 0. The zero-order valence-corrected chi connectivity index (χ0v) is 18.6. The van der Waals surface area contributed by atoms with Gasteiger partial charge in [0, 0.05) is 43.4 Å². The number of aromatic nitrogens is 1. The number of pyridine rings is 1. The second-order valence-electron chi connectivity index (χ2n) is 7.92. The highest BCUT2D eigenvalue weighted by Gasteiger charge is 2.44. The molecule has 11 heteroatoms. The largest absolute Gasteiger partial charge is 0.595 e.